The van der Waals surface area contributed by atoms with Crippen molar-refractivity contribution in [3.05, 3.63) is 50.6 Å². The molecule has 1 N–H and O–H groups in total. The van der Waals surface area contributed by atoms with E-state index >= 15 is 0 Å². The standard InChI is InChI=1S/C13H12BrClFN3/c1-7-3-9(4-8(2)11(7)16)5-17-13-10(14)12(15)18-6-19-13/h3-4,6H,5H2,1-2H3,(H,17,18,19). The molecule has 2 aromatic rings. The van der Waals surface area contributed by atoms with Crippen LogP contribution in [0.2, 0.25) is 5.15 Å². The fourth-order valence-electron chi connectivity index (χ4n) is 1.80. The number of anilines is 1. The van der Waals surface area contributed by atoms with E-state index in [1.807, 2.05) is 12.1 Å². The van der Waals surface area contributed by atoms with Crippen molar-refractivity contribution in [3.63, 3.8) is 0 Å². The summed E-state index contributed by atoms with van der Waals surface area (Å²) in [6.45, 7) is 4.04. The van der Waals surface area contributed by atoms with Crippen molar-refractivity contribution in [1.29, 1.82) is 0 Å². The number of hydrogen-bond donors (Lipinski definition) is 1. The number of nitrogens with zero attached hydrogens (tertiary/aromatic N) is 2. The molecular formula is C13H12BrClFN3. The molecule has 19 heavy (non-hydrogen) atoms. The molecule has 0 fully saturated rings. The van der Waals surface area contributed by atoms with Gasteiger partial charge in [0, 0.05) is 6.54 Å². The first-order chi connectivity index (χ1) is 8.99. The van der Waals surface area contributed by atoms with Gasteiger partial charge in [-0.3, -0.25) is 0 Å². The third kappa shape index (κ3) is 3.22. The Bertz CT molecular complexity index is 596. The van der Waals surface area contributed by atoms with Crippen LogP contribution in [0.5, 0.6) is 0 Å². The van der Waals surface area contributed by atoms with E-state index in [0.717, 1.165) is 5.56 Å². The van der Waals surface area contributed by atoms with Gasteiger partial charge in [-0.2, -0.15) is 0 Å². The average molecular weight is 345 g/mol. The van der Waals surface area contributed by atoms with Gasteiger partial charge < -0.3 is 5.32 Å². The molecular weight excluding hydrogens is 333 g/mol. The molecule has 0 saturated heterocycles. The molecule has 3 nitrogen and oxygen atoms in total. The molecule has 1 heterocycles. The van der Waals surface area contributed by atoms with Gasteiger partial charge in [-0.1, -0.05) is 23.7 Å². The average Bonchev–Trinajstić information content (AvgIpc) is 2.37. The lowest BCUT2D eigenvalue weighted by Crippen LogP contribution is -2.04. The molecule has 0 radical (unpaired) electrons. The van der Waals surface area contributed by atoms with Crippen molar-refractivity contribution in [2.24, 2.45) is 0 Å². The second kappa shape index (κ2) is 5.84. The van der Waals surface area contributed by atoms with Crippen LogP contribution in [0.25, 0.3) is 0 Å². The van der Waals surface area contributed by atoms with Gasteiger partial charge in [-0.25, -0.2) is 14.4 Å². The second-order valence-electron chi connectivity index (χ2n) is 4.22. The predicted molar refractivity (Wildman–Crippen MR) is 77.9 cm³/mol. The van der Waals surface area contributed by atoms with Gasteiger partial charge >= 0.3 is 0 Å². The van der Waals surface area contributed by atoms with Gasteiger partial charge in [-0.15, -0.1) is 0 Å². The van der Waals surface area contributed by atoms with Crippen molar-refractivity contribution in [3.8, 4) is 0 Å². The quantitative estimate of drug-likeness (QED) is 0.845. The molecule has 2 rings (SSSR count). The Morgan fingerprint density at radius 2 is 1.89 bits per heavy atom. The summed E-state index contributed by atoms with van der Waals surface area (Å²) in [4.78, 5) is 7.94. The third-order valence-electron chi connectivity index (χ3n) is 2.70. The lowest BCUT2D eigenvalue weighted by molar-refractivity contribution is 0.608. The highest BCUT2D eigenvalue weighted by atomic mass is 79.9. The number of aryl methyl sites for hydroxylation is 2. The topological polar surface area (TPSA) is 37.8 Å². The van der Waals surface area contributed by atoms with Crippen LogP contribution in [0.1, 0.15) is 16.7 Å². The molecule has 0 bridgehead atoms. The van der Waals surface area contributed by atoms with Crippen LogP contribution in [0, 0.1) is 19.7 Å². The van der Waals surface area contributed by atoms with Gasteiger partial charge in [0.1, 0.15) is 23.1 Å². The van der Waals surface area contributed by atoms with Crippen LogP contribution in [-0.2, 0) is 6.54 Å². The molecule has 100 valence electrons. The highest BCUT2D eigenvalue weighted by Gasteiger charge is 2.08. The van der Waals surface area contributed by atoms with Crippen LogP contribution in [-0.4, -0.2) is 9.97 Å². The fourth-order valence-corrected chi connectivity index (χ4v) is 2.27. The van der Waals surface area contributed by atoms with Gasteiger partial charge in [0.2, 0.25) is 0 Å². The van der Waals surface area contributed by atoms with Crippen LogP contribution in [0.3, 0.4) is 0 Å². The Morgan fingerprint density at radius 1 is 1.26 bits per heavy atom. The van der Waals surface area contributed by atoms with Crippen molar-refractivity contribution in [1.82, 2.24) is 9.97 Å². The van der Waals surface area contributed by atoms with Crippen LogP contribution in [0.15, 0.2) is 22.9 Å². The zero-order chi connectivity index (χ0) is 14.0. The summed E-state index contributed by atoms with van der Waals surface area (Å²) in [5.74, 6) is 0.453. The number of hydrogen-bond acceptors (Lipinski definition) is 3. The van der Waals surface area contributed by atoms with E-state index in [9.17, 15) is 4.39 Å². The summed E-state index contributed by atoms with van der Waals surface area (Å²) >= 11 is 9.19. The Hall–Kier alpha value is -1.20. The molecule has 0 unspecified atom stereocenters. The molecule has 0 saturated carbocycles. The maximum Gasteiger partial charge on any atom is 0.148 e. The van der Waals surface area contributed by atoms with Crippen molar-refractivity contribution in [2.45, 2.75) is 20.4 Å². The predicted octanol–water partition coefficient (Wildman–Crippen LogP) is 4.26. The number of rotatable bonds is 3. The van der Waals surface area contributed by atoms with Gasteiger partial charge in [0.05, 0.1) is 4.47 Å². The summed E-state index contributed by atoms with van der Waals surface area (Å²) in [5.41, 5.74) is 2.26. The minimum absolute atomic E-state index is 0.157. The zero-order valence-corrected chi connectivity index (χ0v) is 12.8. The second-order valence-corrected chi connectivity index (χ2v) is 5.38. The smallest absolute Gasteiger partial charge is 0.148 e. The van der Waals surface area contributed by atoms with Gasteiger partial charge in [-0.05, 0) is 46.5 Å². The highest BCUT2D eigenvalue weighted by Crippen LogP contribution is 2.26. The van der Waals surface area contributed by atoms with Crippen molar-refractivity contribution >= 4 is 33.3 Å². The van der Waals surface area contributed by atoms with Crippen LogP contribution >= 0.6 is 27.5 Å². The molecule has 1 aromatic carbocycles. The number of aromatic nitrogens is 2. The number of benzene rings is 1. The first kappa shape index (κ1) is 14.2. The fraction of sp³-hybridized carbons (Fsp3) is 0.231. The molecule has 0 aliphatic carbocycles. The van der Waals surface area contributed by atoms with Crippen molar-refractivity contribution in [2.75, 3.05) is 5.32 Å². The Balaban J connectivity index is 2.17. The van der Waals surface area contributed by atoms with E-state index < -0.39 is 0 Å². The minimum Gasteiger partial charge on any atom is -0.365 e. The lowest BCUT2D eigenvalue weighted by Gasteiger charge is -2.10. The Labute approximate surface area is 124 Å². The molecule has 6 heteroatoms. The van der Waals surface area contributed by atoms with Gasteiger partial charge in [0.15, 0.2) is 0 Å². The minimum atomic E-state index is -0.157. The summed E-state index contributed by atoms with van der Waals surface area (Å²) in [5, 5.41) is 3.49. The molecule has 0 amide bonds. The van der Waals surface area contributed by atoms with Crippen LogP contribution < -0.4 is 5.32 Å². The Morgan fingerprint density at radius 3 is 2.53 bits per heavy atom. The molecule has 0 aliphatic heterocycles. The Kier molecular flexibility index (Phi) is 4.37. The van der Waals surface area contributed by atoms with E-state index in [1.54, 1.807) is 13.8 Å². The summed E-state index contributed by atoms with van der Waals surface area (Å²) in [6.07, 6.45) is 1.39. The summed E-state index contributed by atoms with van der Waals surface area (Å²) < 4.78 is 14.1. The molecule has 0 atom stereocenters. The first-order valence-electron chi connectivity index (χ1n) is 5.64. The first-order valence-corrected chi connectivity index (χ1v) is 6.81. The third-order valence-corrected chi connectivity index (χ3v) is 3.97. The van der Waals surface area contributed by atoms with E-state index in [2.05, 4.69) is 31.2 Å². The van der Waals surface area contributed by atoms with Gasteiger partial charge in [0.25, 0.3) is 0 Å². The van der Waals surface area contributed by atoms with E-state index in [0.29, 0.717) is 33.1 Å². The lowest BCUT2D eigenvalue weighted by atomic mass is 10.1. The maximum atomic E-state index is 13.5. The van der Waals surface area contributed by atoms with E-state index in [-0.39, 0.29) is 5.82 Å². The largest absolute Gasteiger partial charge is 0.365 e. The highest BCUT2D eigenvalue weighted by molar-refractivity contribution is 9.10. The number of halogens is 3. The molecule has 1 aromatic heterocycles. The number of nitrogens with one attached hydrogen (secondary N) is 1. The van der Waals surface area contributed by atoms with E-state index in [4.69, 9.17) is 11.6 Å². The SMILES string of the molecule is Cc1cc(CNc2ncnc(Cl)c2Br)cc(C)c1F. The monoisotopic (exact) mass is 343 g/mol. The summed E-state index contributed by atoms with van der Waals surface area (Å²) in [7, 11) is 0. The van der Waals surface area contributed by atoms with Crippen LogP contribution in [0.4, 0.5) is 10.2 Å². The van der Waals surface area contributed by atoms with E-state index in [1.165, 1.54) is 6.33 Å². The maximum absolute atomic E-state index is 13.5. The normalized spacial score (nSPS) is 10.6. The zero-order valence-electron chi connectivity index (χ0n) is 10.5. The molecule has 0 spiro atoms. The summed E-state index contributed by atoms with van der Waals surface area (Å²) in [6, 6.07) is 3.62. The molecule has 0 aliphatic rings. The van der Waals surface area contributed by atoms with Crippen molar-refractivity contribution < 1.29 is 4.39 Å².